The molecule has 0 spiro atoms. The zero-order valence-electron chi connectivity index (χ0n) is 17.1. The Balaban J connectivity index is 1.72. The Kier molecular flexibility index (Phi) is 6.20. The van der Waals surface area contributed by atoms with Crippen LogP contribution in [0.2, 0.25) is 5.02 Å². The van der Waals surface area contributed by atoms with Gasteiger partial charge in [-0.05, 0) is 42.0 Å². The monoisotopic (exact) mass is 476 g/mol. The minimum atomic E-state index is -4.97. The SMILES string of the molecule is COc1cccc(Oc2c(C(F)(F)F)oc3cc(OCc4cccc(Cl)c4)ccc3c2=O)c1. The highest BCUT2D eigenvalue weighted by Gasteiger charge is 2.40. The first kappa shape index (κ1) is 22.5. The molecule has 0 amide bonds. The Hall–Kier alpha value is -3.65. The highest BCUT2D eigenvalue weighted by atomic mass is 35.5. The van der Waals surface area contributed by atoms with Crippen LogP contribution in [0, 0.1) is 0 Å². The summed E-state index contributed by atoms with van der Waals surface area (Å²) in [5.41, 5.74) is -0.483. The van der Waals surface area contributed by atoms with Crippen molar-refractivity contribution in [3.05, 3.63) is 93.3 Å². The summed E-state index contributed by atoms with van der Waals surface area (Å²) < 4.78 is 62.3. The molecule has 1 heterocycles. The van der Waals surface area contributed by atoms with Gasteiger partial charge in [-0.1, -0.05) is 29.8 Å². The zero-order chi connectivity index (χ0) is 23.6. The number of fused-ring (bicyclic) bond motifs is 1. The molecule has 0 saturated heterocycles. The Bertz CT molecular complexity index is 1360. The largest absolute Gasteiger partial charge is 0.497 e. The fraction of sp³-hybridized carbons (Fsp3) is 0.125. The molecule has 0 radical (unpaired) electrons. The lowest BCUT2D eigenvalue weighted by molar-refractivity contribution is -0.154. The third-order valence-corrected chi connectivity index (χ3v) is 4.87. The average Bonchev–Trinajstić information content (AvgIpc) is 2.79. The summed E-state index contributed by atoms with van der Waals surface area (Å²) >= 11 is 5.94. The second-order valence-electron chi connectivity index (χ2n) is 6.94. The molecule has 3 aromatic carbocycles. The molecular weight excluding hydrogens is 461 g/mol. The molecule has 5 nitrogen and oxygen atoms in total. The summed E-state index contributed by atoms with van der Waals surface area (Å²) in [6, 6.07) is 16.8. The summed E-state index contributed by atoms with van der Waals surface area (Å²) in [6.45, 7) is 0.124. The highest BCUT2D eigenvalue weighted by Crippen LogP contribution is 2.39. The van der Waals surface area contributed by atoms with E-state index >= 15 is 0 Å². The van der Waals surface area contributed by atoms with E-state index in [-0.39, 0.29) is 29.1 Å². The second-order valence-corrected chi connectivity index (χ2v) is 7.38. The third-order valence-electron chi connectivity index (χ3n) is 4.64. The van der Waals surface area contributed by atoms with Crippen LogP contribution in [0.4, 0.5) is 13.2 Å². The lowest BCUT2D eigenvalue weighted by Gasteiger charge is -2.14. The van der Waals surface area contributed by atoms with Gasteiger partial charge in [0.2, 0.25) is 11.2 Å². The van der Waals surface area contributed by atoms with Crippen LogP contribution in [0.3, 0.4) is 0 Å². The molecule has 1 aromatic heterocycles. The first-order chi connectivity index (χ1) is 15.7. The number of hydrogen-bond donors (Lipinski definition) is 0. The van der Waals surface area contributed by atoms with Crippen LogP contribution < -0.4 is 19.6 Å². The van der Waals surface area contributed by atoms with E-state index in [0.717, 1.165) is 5.56 Å². The van der Waals surface area contributed by atoms with E-state index < -0.39 is 23.1 Å². The zero-order valence-corrected chi connectivity index (χ0v) is 17.9. The van der Waals surface area contributed by atoms with Gasteiger partial charge in [-0.2, -0.15) is 13.2 Å². The summed E-state index contributed by atoms with van der Waals surface area (Å²) in [7, 11) is 1.40. The minimum Gasteiger partial charge on any atom is -0.497 e. The molecule has 33 heavy (non-hydrogen) atoms. The van der Waals surface area contributed by atoms with Crippen molar-refractivity contribution in [1.29, 1.82) is 0 Å². The van der Waals surface area contributed by atoms with Gasteiger partial charge >= 0.3 is 6.18 Å². The van der Waals surface area contributed by atoms with E-state index in [2.05, 4.69) is 0 Å². The minimum absolute atomic E-state index is 0.00650. The standard InChI is InChI=1S/C24H16ClF3O5/c1-30-16-6-3-7-18(11-16)32-22-21(29)19-9-8-17(12-20(19)33-23(22)24(26,27)28)31-13-14-4-2-5-15(25)10-14/h2-12H,13H2,1H3. The Morgan fingerprint density at radius 2 is 1.70 bits per heavy atom. The molecular formula is C24H16ClF3O5. The maximum atomic E-state index is 13.7. The number of methoxy groups -OCH3 is 1. The quantitative estimate of drug-likeness (QED) is 0.305. The molecule has 0 atom stereocenters. The van der Waals surface area contributed by atoms with E-state index in [1.54, 1.807) is 30.3 Å². The van der Waals surface area contributed by atoms with Crippen molar-refractivity contribution < 1.29 is 31.8 Å². The van der Waals surface area contributed by atoms with Crippen molar-refractivity contribution in [2.45, 2.75) is 12.8 Å². The van der Waals surface area contributed by atoms with Crippen molar-refractivity contribution in [1.82, 2.24) is 0 Å². The number of hydrogen-bond acceptors (Lipinski definition) is 5. The molecule has 0 aliphatic rings. The summed E-state index contributed by atoms with van der Waals surface area (Å²) in [4.78, 5) is 12.9. The fourth-order valence-corrected chi connectivity index (χ4v) is 3.31. The van der Waals surface area contributed by atoms with Crippen LogP contribution in [-0.4, -0.2) is 7.11 Å². The molecule has 9 heteroatoms. The van der Waals surface area contributed by atoms with Crippen molar-refractivity contribution >= 4 is 22.6 Å². The van der Waals surface area contributed by atoms with Gasteiger partial charge in [0.25, 0.3) is 5.76 Å². The van der Waals surface area contributed by atoms with Crippen LogP contribution in [0.25, 0.3) is 11.0 Å². The van der Waals surface area contributed by atoms with E-state index in [0.29, 0.717) is 10.8 Å². The number of benzene rings is 3. The first-order valence-corrected chi connectivity index (χ1v) is 9.99. The van der Waals surface area contributed by atoms with Crippen LogP contribution in [-0.2, 0) is 12.8 Å². The van der Waals surface area contributed by atoms with Crippen molar-refractivity contribution in [3.63, 3.8) is 0 Å². The summed E-state index contributed by atoms with van der Waals surface area (Å²) in [5.74, 6) is -1.94. The highest BCUT2D eigenvalue weighted by molar-refractivity contribution is 6.30. The van der Waals surface area contributed by atoms with Crippen molar-refractivity contribution in [2.24, 2.45) is 0 Å². The van der Waals surface area contributed by atoms with Crippen LogP contribution >= 0.6 is 11.6 Å². The molecule has 0 saturated carbocycles. The summed E-state index contributed by atoms with van der Waals surface area (Å²) in [6.07, 6.45) is -4.97. The summed E-state index contributed by atoms with van der Waals surface area (Å²) in [5, 5.41) is 0.440. The molecule has 0 bridgehead atoms. The Morgan fingerprint density at radius 3 is 2.42 bits per heavy atom. The third kappa shape index (κ3) is 5.06. The van der Waals surface area contributed by atoms with Crippen LogP contribution in [0.5, 0.6) is 23.0 Å². The van der Waals surface area contributed by atoms with Gasteiger partial charge < -0.3 is 18.6 Å². The lowest BCUT2D eigenvalue weighted by Crippen LogP contribution is -2.15. The molecule has 0 unspecified atom stereocenters. The van der Waals surface area contributed by atoms with Crippen LogP contribution in [0.15, 0.2) is 75.9 Å². The van der Waals surface area contributed by atoms with Gasteiger partial charge in [-0.3, -0.25) is 4.79 Å². The smallest absolute Gasteiger partial charge is 0.453 e. The normalized spacial score (nSPS) is 11.4. The average molecular weight is 477 g/mol. The van der Waals surface area contributed by atoms with Gasteiger partial charge in [0.05, 0.1) is 12.5 Å². The van der Waals surface area contributed by atoms with E-state index in [1.165, 1.54) is 43.5 Å². The maximum Gasteiger partial charge on any atom is 0.453 e. The van der Waals surface area contributed by atoms with E-state index in [9.17, 15) is 18.0 Å². The van der Waals surface area contributed by atoms with Crippen molar-refractivity contribution in [3.8, 4) is 23.0 Å². The predicted octanol–water partition coefficient (Wildman–Crippen LogP) is 6.85. The van der Waals surface area contributed by atoms with Gasteiger partial charge in [-0.15, -0.1) is 0 Å². The molecule has 0 fully saturated rings. The number of ether oxygens (including phenoxy) is 3. The number of rotatable bonds is 6. The number of alkyl halides is 3. The Labute approximate surface area is 190 Å². The van der Waals surface area contributed by atoms with Gasteiger partial charge in [0, 0.05) is 17.2 Å². The van der Waals surface area contributed by atoms with E-state index in [4.69, 9.17) is 30.2 Å². The fourth-order valence-electron chi connectivity index (χ4n) is 3.10. The van der Waals surface area contributed by atoms with Gasteiger partial charge in [0.15, 0.2) is 0 Å². The maximum absolute atomic E-state index is 13.7. The molecule has 0 N–H and O–H groups in total. The molecule has 0 aliphatic heterocycles. The lowest BCUT2D eigenvalue weighted by atomic mass is 10.2. The number of halogens is 4. The van der Waals surface area contributed by atoms with Crippen molar-refractivity contribution in [2.75, 3.05) is 7.11 Å². The first-order valence-electron chi connectivity index (χ1n) is 9.62. The molecule has 0 aliphatic carbocycles. The molecule has 4 rings (SSSR count). The van der Waals surface area contributed by atoms with E-state index in [1.807, 2.05) is 0 Å². The Morgan fingerprint density at radius 1 is 0.939 bits per heavy atom. The molecule has 4 aromatic rings. The van der Waals surface area contributed by atoms with Crippen LogP contribution in [0.1, 0.15) is 11.3 Å². The second kappa shape index (κ2) is 9.07. The predicted molar refractivity (Wildman–Crippen MR) is 116 cm³/mol. The van der Waals surface area contributed by atoms with Gasteiger partial charge in [0.1, 0.15) is 29.4 Å². The molecule has 170 valence electrons. The topological polar surface area (TPSA) is 57.9 Å². The van der Waals surface area contributed by atoms with Gasteiger partial charge in [-0.25, -0.2) is 0 Å².